The number of piperazine rings is 1. The summed E-state index contributed by atoms with van der Waals surface area (Å²) in [6.45, 7) is 9.61. The number of carbonyl (C=O) groups is 2. The monoisotopic (exact) mass is 372 g/mol. The summed E-state index contributed by atoms with van der Waals surface area (Å²) in [4.78, 5) is 29.1. The number of hydrogen-bond donors (Lipinski definition) is 2. The molecule has 1 aromatic rings. The highest BCUT2D eigenvalue weighted by Gasteiger charge is 2.23. The first-order valence-corrected chi connectivity index (χ1v) is 10.2. The lowest BCUT2D eigenvalue weighted by Gasteiger charge is -2.35. The zero-order valence-electron chi connectivity index (χ0n) is 16.6. The van der Waals surface area contributed by atoms with Gasteiger partial charge in [0.15, 0.2) is 0 Å². The normalized spacial score (nSPS) is 18.5. The van der Waals surface area contributed by atoms with Crippen LogP contribution in [0.25, 0.3) is 0 Å². The molecule has 1 saturated carbocycles. The standard InChI is InChI=1S/C21H32N4O2/c1-3-24-10-12-25(13-11-24)18-8-9-19(16(2)14-18)23-20(26)15-22-21(27)17-6-4-5-7-17/h8-9,14,17H,3-7,10-13,15H2,1-2H3,(H,22,27)(H,23,26). The summed E-state index contributed by atoms with van der Waals surface area (Å²) in [5.74, 6) is -0.0679. The Morgan fingerprint density at radius 3 is 2.44 bits per heavy atom. The van der Waals surface area contributed by atoms with Gasteiger partial charge in [-0.05, 0) is 50.1 Å². The molecule has 0 spiro atoms. The van der Waals surface area contributed by atoms with Crippen LogP contribution in [-0.4, -0.2) is 56.0 Å². The summed E-state index contributed by atoms with van der Waals surface area (Å²) >= 11 is 0. The number of hydrogen-bond acceptors (Lipinski definition) is 4. The first-order valence-electron chi connectivity index (χ1n) is 10.2. The van der Waals surface area contributed by atoms with Gasteiger partial charge in [0.25, 0.3) is 0 Å². The molecule has 0 bridgehead atoms. The predicted molar refractivity (Wildman–Crippen MR) is 109 cm³/mol. The van der Waals surface area contributed by atoms with Gasteiger partial charge in [-0.2, -0.15) is 0 Å². The van der Waals surface area contributed by atoms with E-state index in [9.17, 15) is 9.59 Å². The molecule has 1 aromatic carbocycles. The molecular formula is C21H32N4O2. The number of aryl methyl sites for hydroxylation is 1. The van der Waals surface area contributed by atoms with Gasteiger partial charge >= 0.3 is 0 Å². The van der Waals surface area contributed by atoms with E-state index in [4.69, 9.17) is 0 Å². The lowest BCUT2D eigenvalue weighted by Crippen LogP contribution is -2.46. The van der Waals surface area contributed by atoms with Crippen molar-refractivity contribution in [2.45, 2.75) is 39.5 Å². The number of carbonyl (C=O) groups excluding carboxylic acids is 2. The average Bonchev–Trinajstić information content (AvgIpc) is 3.23. The zero-order chi connectivity index (χ0) is 19.2. The minimum absolute atomic E-state index is 0.0148. The van der Waals surface area contributed by atoms with Gasteiger partial charge in [0.2, 0.25) is 11.8 Å². The molecule has 0 unspecified atom stereocenters. The topological polar surface area (TPSA) is 64.7 Å². The van der Waals surface area contributed by atoms with E-state index in [0.29, 0.717) is 0 Å². The van der Waals surface area contributed by atoms with Crippen molar-refractivity contribution in [3.05, 3.63) is 23.8 Å². The van der Waals surface area contributed by atoms with E-state index < -0.39 is 0 Å². The molecule has 27 heavy (non-hydrogen) atoms. The van der Waals surface area contributed by atoms with Gasteiger partial charge in [0.05, 0.1) is 6.54 Å². The predicted octanol–water partition coefficient (Wildman–Crippen LogP) is 2.38. The van der Waals surface area contributed by atoms with Crippen LogP contribution in [0.5, 0.6) is 0 Å². The number of likely N-dealkylation sites (N-methyl/N-ethyl adjacent to an activating group) is 1. The van der Waals surface area contributed by atoms with E-state index >= 15 is 0 Å². The van der Waals surface area contributed by atoms with Gasteiger partial charge in [-0.3, -0.25) is 9.59 Å². The number of nitrogens with one attached hydrogen (secondary N) is 2. The second-order valence-corrected chi connectivity index (χ2v) is 7.67. The maximum Gasteiger partial charge on any atom is 0.243 e. The van der Waals surface area contributed by atoms with Gasteiger partial charge in [-0.1, -0.05) is 19.8 Å². The fourth-order valence-corrected chi connectivity index (χ4v) is 4.00. The molecule has 1 aliphatic carbocycles. The average molecular weight is 373 g/mol. The highest BCUT2D eigenvalue weighted by Crippen LogP contribution is 2.25. The molecule has 6 nitrogen and oxygen atoms in total. The molecular weight excluding hydrogens is 340 g/mol. The van der Waals surface area contributed by atoms with Gasteiger partial charge < -0.3 is 20.4 Å². The van der Waals surface area contributed by atoms with Gasteiger partial charge in [0.1, 0.15) is 0 Å². The lowest BCUT2D eigenvalue weighted by molar-refractivity contribution is -0.127. The number of rotatable bonds is 6. The minimum Gasteiger partial charge on any atom is -0.369 e. The lowest BCUT2D eigenvalue weighted by atomic mass is 10.1. The maximum atomic E-state index is 12.2. The Kier molecular flexibility index (Phi) is 6.72. The minimum atomic E-state index is -0.172. The Hall–Kier alpha value is -2.08. The molecule has 3 rings (SSSR count). The molecule has 2 N–H and O–H groups in total. The van der Waals surface area contributed by atoms with E-state index in [0.717, 1.165) is 69.7 Å². The molecule has 148 valence electrons. The first-order chi connectivity index (χ1) is 13.1. The first kappa shape index (κ1) is 19.7. The molecule has 1 saturated heterocycles. The molecule has 0 atom stereocenters. The van der Waals surface area contributed by atoms with Crippen molar-refractivity contribution in [3.63, 3.8) is 0 Å². The molecule has 1 aliphatic heterocycles. The van der Waals surface area contributed by atoms with Crippen LogP contribution in [0.3, 0.4) is 0 Å². The zero-order valence-corrected chi connectivity index (χ0v) is 16.6. The molecule has 2 amide bonds. The fraction of sp³-hybridized carbons (Fsp3) is 0.619. The van der Waals surface area contributed by atoms with E-state index in [1.807, 2.05) is 13.0 Å². The van der Waals surface area contributed by atoms with Crippen molar-refractivity contribution >= 4 is 23.2 Å². The van der Waals surface area contributed by atoms with E-state index in [2.05, 4.69) is 39.5 Å². The van der Waals surface area contributed by atoms with Crippen LogP contribution in [-0.2, 0) is 9.59 Å². The van der Waals surface area contributed by atoms with Crippen LogP contribution in [0.4, 0.5) is 11.4 Å². The number of benzene rings is 1. The van der Waals surface area contributed by atoms with Crippen LogP contribution in [0.1, 0.15) is 38.2 Å². The maximum absolute atomic E-state index is 12.2. The Bertz CT molecular complexity index is 662. The third-order valence-electron chi connectivity index (χ3n) is 5.82. The van der Waals surface area contributed by atoms with Crippen molar-refractivity contribution in [1.82, 2.24) is 10.2 Å². The summed E-state index contributed by atoms with van der Waals surface area (Å²) in [6.07, 6.45) is 4.12. The summed E-state index contributed by atoms with van der Waals surface area (Å²) < 4.78 is 0. The molecule has 1 heterocycles. The van der Waals surface area contributed by atoms with Crippen molar-refractivity contribution in [3.8, 4) is 0 Å². The summed E-state index contributed by atoms with van der Waals surface area (Å²) in [6, 6.07) is 6.17. The number of nitrogens with zero attached hydrogens (tertiary/aromatic N) is 2. The second kappa shape index (κ2) is 9.22. The van der Waals surface area contributed by atoms with Gasteiger partial charge in [-0.15, -0.1) is 0 Å². The second-order valence-electron chi connectivity index (χ2n) is 7.67. The van der Waals surface area contributed by atoms with Crippen LogP contribution < -0.4 is 15.5 Å². The van der Waals surface area contributed by atoms with E-state index in [1.54, 1.807) is 0 Å². The van der Waals surface area contributed by atoms with Crippen LogP contribution >= 0.6 is 0 Å². The highest BCUT2D eigenvalue weighted by atomic mass is 16.2. The van der Waals surface area contributed by atoms with Crippen molar-refractivity contribution in [2.24, 2.45) is 5.92 Å². The molecule has 0 aromatic heterocycles. The molecule has 0 radical (unpaired) electrons. The summed E-state index contributed by atoms with van der Waals surface area (Å²) in [5, 5.41) is 5.70. The summed E-state index contributed by atoms with van der Waals surface area (Å²) in [7, 11) is 0. The molecule has 2 fully saturated rings. The van der Waals surface area contributed by atoms with Gasteiger partial charge in [-0.25, -0.2) is 0 Å². The van der Waals surface area contributed by atoms with Gasteiger partial charge in [0, 0.05) is 43.5 Å². The SMILES string of the molecule is CCN1CCN(c2ccc(NC(=O)CNC(=O)C3CCCC3)c(C)c2)CC1. The highest BCUT2D eigenvalue weighted by molar-refractivity contribution is 5.95. The number of amides is 2. The smallest absolute Gasteiger partial charge is 0.243 e. The quantitative estimate of drug-likeness (QED) is 0.805. The largest absolute Gasteiger partial charge is 0.369 e. The third-order valence-corrected chi connectivity index (χ3v) is 5.82. The fourth-order valence-electron chi connectivity index (χ4n) is 4.00. The van der Waals surface area contributed by atoms with Crippen LogP contribution in [0, 0.1) is 12.8 Å². The Balaban J connectivity index is 1.50. The Morgan fingerprint density at radius 2 is 1.81 bits per heavy atom. The Morgan fingerprint density at radius 1 is 1.11 bits per heavy atom. The van der Waals surface area contributed by atoms with Crippen molar-refractivity contribution in [1.29, 1.82) is 0 Å². The van der Waals surface area contributed by atoms with Crippen molar-refractivity contribution < 1.29 is 9.59 Å². The third kappa shape index (κ3) is 5.22. The molecule has 2 aliphatic rings. The summed E-state index contributed by atoms with van der Waals surface area (Å²) in [5.41, 5.74) is 3.06. The van der Waals surface area contributed by atoms with Crippen LogP contribution in [0.2, 0.25) is 0 Å². The Labute approximate surface area is 162 Å². The molecule has 6 heteroatoms. The van der Waals surface area contributed by atoms with Crippen LogP contribution in [0.15, 0.2) is 18.2 Å². The number of anilines is 2. The van der Waals surface area contributed by atoms with Crippen molar-refractivity contribution in [2.75, 3.05) is 49.5 Å². The van der Waals surface area contributed by atoms with E-state index in [1.165, 1.54) is 5.69 Å². The van der Waals surface area contributed by atoms with E-state index in [-0.39, 0.29) is 24.3 Å².